The number of nitrogens with zero attached hydrogens (tertiary/aromatic N) is 1. The molecule has 26 heavy (non-hydrogen) atoms. The van der Waals surface area contributed by atoms with Crippen molar-refractivity contribution in [1.82, 2.24) is 4.98 Å². The van der Waals surface area contributed by atoms with Gasteiger partial charge in [0.1, 0.15) is 5.01 Å². The zero-order chi connectivity index (χ0) is 18.5. The Morgan fingerprint density at radius 1 is 1.15 bits per heavy atom. The van der Waals surface area contributed by atoms with Crippen LogP contribution in [-0.2, 0) is 11.2 Å². The van der Waals surface area contributed by atoms with Crippen LogP contribution in [0.3, 0.4) is 0 Å². The van der Waals surface area contributed by atoms with Crippen molar-refractivity contribution < 1.29 is 14.3 Å². The van der Waals surface area contributed by atoms with E-state index in [4.69, 9.17) is 9.47 Å². The molecule has 7 heteroatoms. The Balaban J connectivity index is 1.72. The molecular weight excluding hydrogens is 463 g/mol. The fourth-order valence-electron chi connectivity index (χ4n) is 2.41. The number of thiazole rings is 1. The van der Waals surface area contributed by atoms with Crippen LogP contribution >= 0.6 is 33.9 Å². The van der Waals surface area contributed by atoms with Crippen molar-refractivity contribution in [2.45, 2.75) is 6.42 Å². The van der Waals surface area contributed by atoms with Crippen LogP contribution in [0.5, 0.6) is 11.5 Å². The van der Waals surface area contributed by atoms with Crippen LogP contribution in [0.15, 0.2) is 47.8 Å². The molecule has 0 unspecified atom stereocenters. The first kappa shape index (κ1) is 18.7. The lowest BCUT2D eigenvalue weighted by atomic mass is 10.2. The van der Waals surface area contributed by atoms with Crippen LogP contribution in [0.25, 0.3) is 10.6 Å². The summed E-state index contributed by atoms with van der Waals surface area (Å²) in [6, 6.07) is 13.3. The van der Waals surface area contributed by atoms with Crippen LogP contribution in [0, 0.1) is 3.57 Å². The fraction of sp³-hybridized carbons (Fsp3) is 0.158. The minimum Gasteiger partial charge on any atom is -0.493 e. The molecule has 0 radical (unpaired) electrons. The van der Waals surface area contributed by atoms with Crippen LogP contribution in [-0.4, -0.2) is 25.1 Å². The van der Waals surface area contributed by atoms with Crippen molar-refractivity contribution in [3.05, 3.63) is 57.1 Å². The highest BCUT2D eigenvalue weighted by molar-refractivity contribution is 14.1. The molecular formula is C19H17IN2O3S. The van der Waals surface area contributed by atoms with Gasteiger partial charge in [0.25, 0.3) is 0 Å². The van der Waals surface area contributed by atoms with Gasteiger partial charge < -0.3 is 14.8 Å². The van der Waals surface area contributed by atoms with E-state index in [-0.39, 0.29) is 12.3 Å². The second-order valence-corrected chi connectivity index (χ2v) is 7.44. The zero-order valence-corrected chi connectivity index (χ0v) is 17.3. The summed E-state index contributed by atoms with van der Waals surface area (Å²) < 4.78 is 11.6. The first-order valence-electron chi connectivity index (χ1n) is 7.82. The van der Waals surface area contributed by atoms with Crippen molar-refractivity contribution in [2.75, 3.05) is 19.5 Å². The summed E-state index contributed by atoms with van der Waals surface area (Å²) in [5.74, 6) is 1.24. The van der Waals surface area contributed by atoms with E-state index in [1.54, 1.807) is 14.2 Å². The number of benzene rings is 2. The summed E-state index contributed by atoms with van der Waals surface area (Å²) in [5.41, 5.74) is 2.48. The molecule has 0 fully saturated rings. The van der Waals surface area contributed by atoms with E-state index in [0.717, 1.165) is 25.5 Å². The molecule has 0 aliphatic rings. The van der Waals surface area contributed by atoms with E-state index in [1.807, 2.05) is 47.8 Å². The lowest BCUT2D eigenvalue weighted by molar-refractivity contribution is -0.115. The average molecular weight is 480 g/mol. The average Bonchev–Trinajstić information content (AvgIpc) is 3.11. The number of methoxy groups -OCH3 is 2. The van der Waals surface area contributed by atoms with E-state index in [2.05, 4.69) is 32.9 Å². The Bertz CT molecular complexity index is 927. The third-order valence-corrected chi connectivity index (χ3v) is 5.55. The van der Waals surface area contributed by atoms with Crippen molar-refractivity contribution in [3.8, 4) is 22.1 Å². The Hall–Kier alpha value is -2.13. The van der Waals surface area contributed by atoms with Gasteiger partial charge in [-0.3, -0.25) is 4.79 Å². The second-order valence-electron chi connectivity index (χ2n) is 5.42. The van der Waals surface area contributed by atoms with Gasteiger partial charge in [-0.1, -0.05) is 12.1 Å². The molecule has 1 heterocycles. The van der Waals surface area contributed by atoms with Crippen molar-refractivity contribution in [3.63, 3.8) is 0 Å². The second kappa shape index (κ2) is 8.50. The van der Waals surface area contributed by atoms with E-state index in [0.29, 0.717) is 11.5 Å². The highest BCUT2D eigenvalue weighted by atomic mass is 127. The number of carbonyl (C=O) groups is 1. The number of halogens is 1. The quantitative estimate of drug-likeness (QED) is 0.524. The number of anilines is 1. The van der Waals surface area contributed by atoms with Gasteiger partial charge in [0.15, 0.2) is 11.5 Å². The number of nitrogens with one attached hydrogen (secondary N) is 1. The number of carbonyl (C=O) groups excluding carboxylic acids is 1. The monoisotopic (exact) mass is 480 g/mol. The van der Waals surface area contributed by atoms with Crippen LogP contribution in [0.4, 0.5) is 5.69 Å². The molecule has 5 nitrogen and oxygen atoms in total. The standard InChI is InChI=1S/C19H17IN2O3S/c1-24-16-8-7-12(9-17(16)25-2)19-21-13(11-26-19)10-18(23)22-15-6-4-3-5-14(15)20/h3-9,11H,10H2,1-2H3,(H,22,23). The molecule has 0 spiro atoms. The maximum atomic E-state index is 12.3. The van der Waals surface area contributed by atoms with E-state index < -0.39 is 0 Å². The smallest absolute Gasteiger partial charge is 0.230 e. The molecule has 3 aromatic rings. The fourth-order valence-corrected chi connectivity index (χ4v) is 3.75. The molecule has 2 aromatic carbocycles. The molecule has 0 saturated carbocycles. The summed E-state index contributed by atoms with van der Waals surface area (Å²) >= 11 is 3.70. The molecule has 0 atom stereocenters. The number of amides is 1. The minimum absolute atomic E-state index is 0.0849. The Kier molecular flexibility index (Phi) is 6.10. The maximum absolute atomic E-state index is 12.3. The van der Waals surface area contributed by atoms with Gasteiger partial charge in [-0.25, -0.2) is 4.98 Å². The van der Waals surface area contributed by atoms with Crippen molar-refractivity contribution >= 4 is 45.5 Å². The van der Waals surface area contributed by atoms with Crippen LogP contribution in [0.1, 0.15) is 5.69 Å². The minimum atomic E-state index is -0.0849. The molecule has 1 N–H and O–H groups in total. The largest absolute Gasteiger partial charge is 0.493 e. The Morgan fingerprint density at radius 2 is 1.92 bits per heavy atom. The number of hydrogen-bond donors (Lipinski definition) is 1. The number of aromatic nitrogens is 1. The van der Waals surface area contributed by atoms with Crippen molar-refractivity contribution in [1.29, 1.82) is 0 Å². The van der Waals surface area contributed by atoms with Crippen LogP contribution < -0.4 is 14.8 Å². The van der Waals surface area contributed by atoms with Gasteiger partial charge in [-0.2, -0.15) is 0 Å². The molecule has 0 aliphatic carbocycles. The predicted octanol–water partition coefficient (Wildman–Crippen LogP) is 4.61. The Morgan fingerprint density at radius 3 is 2.65 bits per heavy atom. The van der Waals surface area contributed by atoms with Gasteiger partial charge in [-0.15, -0.1) is 11.3 Å². The SMILES string of the molecule is COc1ccc(-c2nc(CC(=O)Nc3ccccc3I)cs2)cc1OC. The molecule has 134 valence electrons. The zero-order valence-electron chi connectivity index (χ0n) is 14.3. The van der Waals surface area contributed by atoms with Gasteiger partial charge in [0, 0.05) is 14.5 Å². The molecule has 1 aromatic heterocycles. The van der Waals surface area contributed by atoms with Gasteiger partial charge in [0.05, 0.1) is 32.0 Å². The highest BCUT2D eigenvalue weighted by Gasteiger charge is 2.12. The van der Waals surface area contributed by atoms with Gasteiger partial charge >= 0.3 is 0 Å². The molecule has 0 saturated heterocycles. The van der Waals surface area contributed by atoms with E-state index in [9.17, 15) is 4.79 Å². The predicted molar refractivity (Wildman–Crippen MR) is 112 cm³/mol. The normalized spacial score (nSPS) is 10.4. The van der Waals surface area contributed by atoms with Gasteiger partial charge in [-0.05, 0) is 52.9 Å². The summed E-state index contributed by atoms with van der Waals surface area (Å²) in [5, 5.41) is 5.66. The third kappa shape index (κ3) is 4.34. The number of ether oxygens (including phenoxy) is 2. The number of para-hydroxylation sites is 1. The number of hydrogen-bond acceptors (Lipinski definition) is 5. The molecule has 3 rings (SSSR count). The topological polar surface area (TPSA) is 60.5 Å². The third-order valence-electron chi connectivity index (χ3n) is 3.67. The van der Waals surface area contributed by atoms with E-state index in [1.165, 1.54) is 11.3 Å². The molecule has 0 aliphatic heterocycles. The van der Waals surface area contributed by atoms with Crippen LogP contribution in [0.2, 0.25) is 0 Å². The van der Waals surface area contributed by atoms with E-state index >= 15 is 0 Å². The first-order valence-corrected chi connectivity index (χ1v) is 9.77. The lowest BCUT2D eigenvalue weighted by Gasteiger charge is -2.08. The maximum Gasteiger partial charge on any atom is 0.230 e. The molecule has 0 bridgehead atoms. The Labute approximate surface area is 169 Å². The van der Waals surface area contributed by atoms with Gasteiger partial charge in [0.2, 0.25) is 5.91 Å². The summed E-state index contributed by atoms with van der Waals surface area (Å²) in [7, 11) is 3.20. The summed E-state index contributed by atoms with van der Waals surface area (Å²) in [6.07, 6.45) is 0.231. The number of rotatable bonds is 6. The van der Waals surface area contributed by atoms with Crippen molar-refractivity contribution in [2.24, 2.45) is 0 Å². The molecule has 1 amide bonds. The summed E-state index contributed by atoms with van der Waals surface area (Å²) in [6.45, 7) is 0. The lowest BCUT2D eigenvalue weighted by Crippen LogP contribution is -2.15. The summed E-state index contributed by atoms with van der Waals surface area (Å²) in [4.78, 5) is 16.9. The first-order chi connectivity index (χ1) is 12.6. The highest BCUT2D eigenvalue weighted by Crippen LogP contribution is 2.33.